The van der Waals surface area contributed by atoms with Gasteiger partial charge in [-0.3, -0.25) is 14.4 Å². The molecule has 0 saturated carbocycles. The summed E-state index contributed by atoms with van der Waals surface area (Å²) in [6, 6.07) is 23.9. The van der Waals surface area contributed by atoms with E-state index in [-0.39, 0.29) is 30.1 Å². The summed E-state index contributed by atoms with van der Waals surface area (Å²) in [4.78, 5) is 39.4. The lowest BCUT2D eigenvalue weighted by atomic mass is 9.87. The maximum absolute atomic E-state index is 12.7. The Morgan fingerprint density at radius 1 is 0.889 bits per heavy atom. The molecule has 0 aromatic heterocycles. The third-order valence-corrected chi connectivity index (χ3v) is 6.28. The summed E-state index contributed by atoms with van der Waals surface area (Å²) in [5.41, 5.74) is 2.46. The lowest BCUT2D eigenvalue weighted by Crippen LogP contribution is -2.30. The van der Waals surface area contributed by atoms with E-state index in [2.05, 4.69) is 32.9 Å². The van der Waals surface area contributed by atoms with Crippen molar-refractivity contribution in [2.45, 2.75) is 45.6 Å². The maximum Gasteiger partial charge on any atom is 0.312 e. The van der Waals surface area contributed by atoms with E-state index in [4.69, 9.17) is 9.47 Å². The van der Waals surface area contributed by atoms with Crippen LogP contribution in [0.25, 0.3) is 0 Å². The highest BCUT2D eigenvalue weighted by atomic mass is 16.5. The van der Waals surface area contributed by atoms with Crippen molar-refractivity contribution >= 4 is 23.3 Å². The molecule has 4 rings (SSSR count). The molecule has 1 aliphatic heterocycles. The molecule has 36 heavy (non-hydrogen) atoms. The molecule has 0 spiro atoms. The van der Waals surface area contributed by atoms with Crippen LogP contribution >= 0.6 is 0 Å². The van der Waals surface area contributed by atoms with Crippen LogP contribution in [0, 0.1) is 5.92 Å². The van der Waals surface area contributed by atoms with Gasteiger partial charge >= 0.3 is 5.97 Å². The van der Waals surface area contributed by atoms with Crippen LogP contribution in [0.5, 0.6) is 11.5 Å². The van der Waals surface area contributed by atoms with E-state index in [1.807, 2.05) is 18.2 Å². The first-order chi connectivity index (χ1) is 17.1. The fraction of sp³-hybridized carbons (Fsp3) is 0.300. The topological polar surface area (TPSA) is 72.9 Å². The summed E-state index contributed by atoms with van der Waals surface area (Å²) < 4.78 is 11.4. The van der Waals surface area contributed by atoms with Gasteiger partial charge in [0, 0.05) is 24.2 Å². The molecule has 1 fully saturated rings. The number of carbonyl (C=O) groups is 3. The number of hydrogen-bond acceptors (Lipinski definition) is 5. The molecular formula is C30H31NO5. The van der Waals surface area contributed by atoms with Gasteiger partial charge in [0.2, 0.25) is 11.7 Å². The van der Waals surface area contributed by atoms with Crippen LogP contribution in [0.15, 0.2) is 78.9 Å². The van der Waals surface area contributed by atoms with Crippen molar-refractivity contribution in [3.05, 3.63) is 90.0 Å². The minimum absolute atomic E-state index is 0.0451. The summed E-state index contributed by atoms with van der Waals surface area (Å²) in [6.45, 7) is 8.25. The Morgan fingerprint density at radius 2 is 1.47 bits per heavy atom. The predicted octanol–water partition coefficient (Wildman–Crippen LogP) is 5.94. The largest absolute Gasteiger partial charge is 0.457 e. The number of hydrogen-bond donors (Lipinski definition) is 0. The number of Topliss-reactive ketones (excluding diaryl/α,β-unsaturated/α-hetero) is 1. The molecular weight excluding hydrogens is 454 g/mol. The first-order valence-corrected chi connectivity index (χ1v) is 12.1. The van der Waals surface area contributed by atoms with Crippen molar-refractivity contribution in [3.63, 3.8) is 0 Å². The van der Waals surface area contributed by atoms with E-state index in [0.717, 1.165) is 5.75 Å². The number of anilines is 1. The molecule has 2 atom stereocenters. The second kappa shape index (κ2) is 10.4. The first kappa shape index (κ1) is 25.2. The molecule has 0 N–H and O–H groups in total. The molecule has 186 valence electrons. The van der Waals surface area contributed by atoms with Crippen molar-refractivity contribution in [2.24, 2.45) is 5.92 Å². The van der Waals surface area contributed by atoms with Crippen molar-refractivity contribution in [1.82, 2.24) is 0 Å². The molecule has 0 aliphatic carbocycles. The number of amides is 1. The zero-order chi connectivity index (χ0) is 25.9. The smallest absolute Gasteiger partial charge is 0.312 e. The van der Waals surface area contributed by atoms with Gasteiger partial charge in [-0.25, -0.2) is 0 Å². The Hall–Kier alpha value is -3.93. The van der Waals surface area contributed by atoms with E-state index in [1.54, 1.807) is 60.4 Å². The van der Waals surface area contributed by atoms with Gasteiger partial charge in [-0.1, -0.05) is 63.2 Å². The predicted molar refractivity (Wildman–Crippen MR) is 138 cm³/mol. The van der Waals surface area contributed by atoms with Gasteiger partial charge in [0.1, 0.15) is 11.5 Å². The second-order valence-corrected chi connectivity index (χ2v) is 10.1. The summed E-state index contributed by atoms with van der Waals surface area (Å²) in [5, 5.41) is 0. The minimum atomic E-state index is -0.919. The van der Waals surface area contributed by atoms with Crippen molar-refractivity contribution in [2.75, 3.05) is 11.4 Å². The molecule has 1 amide bonds. The number of rotatable bonds is 7. The Balaban J connectivity index is 1.35. The van der Waals surface area contributed by atoms with Gasteiger partial charge in [-0.2, -0.15) is 0 Å². The molecule has 0 bridgehead atoms. The fourth-order valence-electron chi connectivity index (χ4n) is 4.13. The summed E-state index contributed by atoms with van der Waals surface area (Å²) in [6.07, 6.45) is -0.873. The Bertz CT molecular complexity index is 1230. The van der Waals surface area contributed by atoms with E-state index in [9.17, 15) is 14.4 Å². The average Bonchev–Trinajstić information content (AvgIpc) is 3.26. The van der Waals surface area contributed by atoms with Crippen LogP contribution in [0.3, 0.4) is 0 Å². The van der Waals surface area contributed by atoms with Gasteiger partial charge in [0.15, 0.2) is 6.10 Å². The maximum atomic E-state index is 12.7. The summed E-state index contributed by atoms with van der Waals surface area (Å²) in [7, 11) is 0. The van der Waals surface area contributed by atoms with E-state index < -0.39 is 18.0 Å². The molecule has 0 radical (unpaired) electrons. The van der Waals surface area contributed by atoms with Crippen LogP contribution in [0.2, 0.25) is 0 Å². The van der Waals surface area contributed by atoms with Gasteiger partial charge in [-0.15, -0.1) is 0 Å². The fourth-order valence-corrected chi connectivity index (χ4v) is 4.13. The number of ether oxygens (including phenoxy) is 2. The monoisotopic (exact) mass is 485 g/mol. The van der Waals surface area contributed by atoms with E-state index in [0.29, 0.717) is 17.0 Å². The summed E-state index contributed by atoms with van der Waals surface area (Å²) >= 11 is 0. The number of nitrogens with zero attached hydrogens (tertiary/aromatic N) is 1. The van der Waals surface area contributed by atoms with Gasteiger partial charge in [-0.05, 0) is 54.3 Å². The Labute approximate surface area is 211 Å². The quantitative estimate of drug-likeness (QED) is 0.306. The van der Waals surface area contributed by atoms with Crippen LogP contribution in [0.4, 0.5) is 5.69 Å². The molecule has 1 heterocycles. The van der Waals surface area contributed by atoms with Crippen LogP contribution in [-0.2, 0) is 19.7 Å². The molecule has 6 nitrogen and oxygen atoms in total. The number of esters is 1. The van der Waals surface area contributed by atoms with Gasteiger partial charge in [0.05, 0.1) is 5.92 Å². The molecule has 0 unspecified atom stereocenters. The third kappa shape index (κ3) is 5.82. The van der Waals surface area contributed by atoms with Gasteiger partial charge < -0.3 is 14.4 Å². The highest BCUT2D eigenvalue weighted by molar-refractivity contribution is 6.02. The zero-order valence-electron chi connectivity index (χ0n) is 21.1. The lowest BCUT2D eigenvalue weighted by molar-refractivity contribution is -0.151. The van der Waals surface area contributed by atoms with Crippen LogP contribution in [0.1, 0.15) is 50.0 Å². The lowest BCUT2D eigenvalue weighted by Gasteiger charge is -2.19. The van der Waals surface area contributed by atoms with E-state index in [1.165, 1.54) is 5.56 Å². The molecule has 6 heteroatoms. The van der Waals surface area contributed by atoms with Crippen molar-refractivity contribution in [3.8, 4) is 11.5 Å². The van der Waals surface area contributed by atoms with Crippen molar-refractivity contribution < 1.29 is 23.9 Å². The average molecular weight is 486 g/mol. The zero-order valence-corrected chi connectivity index (χ0v) is 21.1. The van der Waals surface area contributed by atoms with Gasteiger partial charge in [0.25, 0.3) is 0 Å². The van der Waals surface area contributed by atoms with E-state index >= 15 is 0 Å². The number of benzene rings is 3. The third-order valence-electron chi connectivity index (χ3n) is 6.28. The molecule has 3 aromatic carbocycles. The Kier molecular flexibility index (Phi) is 7.25. The van der Waals surface area contributed by atoms with Crippen molar-refractivity contribution in [1.29, 1.82) is 0 Å². The standard InChI is InChI=1S/C30H31NO5/c1-20(28(33)21-8-6-5-7-9-21)35-29(34)22-18-27(32)31(19-22)24-12-16-26(17-13-24)36-25-14-10-23(11-15-25)30(2,3)4/h5-17,20,22H,18-19H2,1-4H3/t20-,22+/m0/s1. The number of ketones is 1. The summed E-state index contributed by atoms with van der Waals surface area (Å²) in [5.74, 6) is -0.214. The highest BCUT2D eigenvalue weighted by Crippen LogP contribution is 2.30. The van der Waals surface area contributed by atoms with Crippen LogP contribution < -0.4 is 9.64 Å². The highest BCUT2D eigenvalue weighted by Gasteiger charge is 2.37. The Morgan fingerprint density at radius 3 is 2.06 bits per heavy atom. The first-order valence-electron chi connectivity index (χ1n) is 12.1. The van der Waals surface area contributed by atoms with Crippen LogP contribution in [-0.4, -0.2) is 30.3 Å². The second-order valence-electron chi connectivity index (χ2n) is 10.1. The normalized spacial score (nSPS) is 16.5. The molecule has 1 saturated heterocycles. The molecule has 3 aromatic rings. The number of carbonyl (C=O) groups excluding carboxylic acids is 3. The molecule has 1 aliphatic rings. The SMILES string of the molecule is C[C@H](OC(=O)[C@@H]1CC(=O)N(c2ccc(Oc3ccc(C(C)(C)C)cc3)cc2)C1)C(=O)c1ccccc1. The minimum Gasteiger partial charge on any atom is -0.457 e.